The monoisotopic (exact) mass is 379 g/mol. The van der Waals surface area contributed by atoms with Gasteiger partial charge in [-0.25, -0.2) is 0 Å². The second-order valence-corrected chi connectivity index (χ2v) is 6.52. The van der Waals surface area contributed by atoms with E-state index in [1.165, 1.54) is 21.1 Å². The normalized spacial score (nSPS) is 12.3. The predicted molar refractivity (Wildman–Crippen MR) is 95.1 cm³/mol. The van der Waals surface area contributed by atoms with Crippen LogP contribution in [0.4, 0.5) is 0 Å². The van der Waals surface area contributed by atoms with Crippen molar-refractivity contribution in [2.45, 2.75) is 32.2 Å². The molecule has 2 aromatic rings. The van der Waals surface area contributed by atoms with Crippen LogP contribution in [0, 0.1) is 3.57 Å². The molecule has 0 aliphatic carbocycles. The molecular formula is C18H22IN. The van der Waals surface area contributed by atoms with Crippen molar-refractivity contribution in [2.75, 3.05) is 6.54 Å². The second kappa shape index (κ2) is 8.42. The van der Waals surface area contributed by atoms with Gasteiger partial charge in [-0.3, -0.25) is 0 Å². The molecule has 0 aromatic heterocycles. The Morgan fingerprint density at radius 1 is 0.950 bits per heavy atom. The van der Waals surface area contributed by atoms with Crippen LogP contribution in [0.5, 0.6) is 0 Å². The third-order valence-corrected chi connectivity index (χ3v) is 4.15. The van der Waals surface area contributed by atoms with Crippen LogP contribution in [0.25, 0.3) is 0 Å². The van der Waals surface area contributed by atoms with Crippen LogP contribution in [0.15, 0.2) is 54.6 Å². The molecule has 2 rings (SSSR count). The average molecular weight is 379 g/mol. The van der Waals surface area contributed by atoms with Crippen molar-refractivity contribution in [2.24, 2.45) is 0 Å². The lowest BCUT2D eigenvalue weighted by Gasteiger charge is -2.13. The second-order valence-electron chi connectivity index (χ2n) is 5.27. The van der Waals surface area contributed by atoms with Crippen LogP contribution in [0.1, 0.15) is 24.5 Å². The summed E-state index contributed by atoms with van der Waals surface area (Å²) in [4.78, 5) is 0. The van der Waals surface area contributed by atoms with Crippen molar-refractivity contribution in [3.8, 4) is 0 Å². The first-order valence-electron chi connectivity index (χ1n) is 7.26. The molecule has 0 radical (unpaired) electrons. The van der Waals surface area contributed by atoms with Crippen LogP contribution >= 0.6 is 22.6 Å². The van der Waals surface area contributed by atoms with E-state index in [2.05, 4.69) is 89.4 Å². The van der Waals surface area contributed by atoms with Gasteiger partial charge in [-0.1, -0.05) is 42.5 Å². The lowest BCUT2D eigenvalue weighted by atomic mass is 10.1. The summed E-state index contributed by atoms with van der Waals surface area (Å²) < 4.78 is 1.31. The molecule has 2 heteroatoms. The van der Waals surface area contributed by atoms with Crippen molar-refractivity contribution >= 4 is 22.6 Å². The fraction of sp³-hybridized carbons (Fsp3) is 0.333. The molecule has 0 amide bonds. The molecular weight excluding hydrogens is 357 g/mol. The predicted octanol–water partition coefficient (Wildman–Crippen LogP) is 4.44. The van der Waals surface area contributed by atoms with Gasteiger partial charge in [0.2, 0.25) is 0 Å². The van der Waals surface area contributed by atoms with E-state index in [1.54, 1.807) is 0 Å². The molecule has 0 spiro atoms. The van der Waals surface area contributed by atoms with Gasteiger partial charge < -0.3 is 5.32 Å². The number of rotatable bonds is 7. The molecule has 1 nitrogen and oxygen atoms in total. The minimum absolute atomic E-state index is 0.536. The van der Waals surface area contributed by atoms with E-state index in [4.69, 9.17) is 0 Å². The zero-order chi connectivity index (χ0) is 14.2. The van der Waals surface area contributed by atoms with Crippen molar-refractivity contribution in [1.82, 2.24) is 5.32 Å². The molecule has 2 aromatic carbocycles. The summed E-state index contributed by atoms with van der Waals surface area (Å²) in [7, 11) is 0. The van der Waals surface area contributed by atoms with Crippen LogP contribution in [0.3, 0.4) is 0 Å². The zero-order valence-corrected chi connectivity index (χ0v) is 14.1. The van der Waals surface area contributed by atoms with Crippen molar-refractivity contribution in [3.05, 3.63) is 69.3 Å². The summed E-state index contributed by atoms with van der Waals surface area (Å²) in [6.45, 7) is 3.35. The summed E-state index contributed by atoms with van der Waals surface area (Å²) >= 11 is 2.35. The molecule has 1 atom stereocenters. The van der Waals surface area contributed by atoms with Crippen molar-refractivity contribution in [1.29, 1.82) is 0 Å². The Morgan fingerprint density at radius 2 is 1.65 bits per heavy atom. The van der Waals surface area contributed by atoms with Crippen LogP contribution in [-0.2, 0) is 12.8 Å². The Morgan fingerprint density at radius 3 is 2.35 bits per heavy atom. The summed E-state index contributed by atoms with van der Waals surface area (Å²) in [6.07, 6.45) is 3.45. The Kier molecular flexibility index (Phi) is 6.54. The fourth-order valence-electron chi connectivity index (χ4n) is 2.33. The molecule has 0 saturated carbocycles. The first-order valence-corrected chi connectivity index (χ1v) is 8.33. The molecule has 0 fully saturated rings. The first kappa shape index (κ1) is 15.5. The van der Waals surface area contributed by atoms with E-state index in [0.29, 0.717) is 6.04 Å². The van der Waals surface area contributed by atoms with E-state index in [0.717, 1.165) is 19.4 Å². The maximum atomic E-state index is 3.61. The third kappa shape index (κ3) is 5.63. The highest BCUT2D eigenvalue weighted by Crippen LogP contribution is 2.08. The number of aryl methyl sites for hydroxylation is 1. The number of benzene rings is 2. The number of halogens is 1. The van der Waals surface area contributed by atoms with E-state index >= 15 is 0 Å². The maximum Gasteiger partial charge on any atom is 0.0130 e. The van der Waals surface area contributed by atoms with E-state index in [9.17, 15) is 0 Å². The average Bonchev–Trinajstić information content (AvgIpc) is 2.46. The van der Waals surface area contributed by atoms with Gasteiger partial charge in [0.05, 0.1) is 0 Å². The van der Waals surface area contributed by atoms with Gasteiger partial charge in [0.1, 0.15) is 0 Å². The minimum Gasteiger partial charge on any atom is -0.314 e. The number of hydrogen-bond acceptors (Lipinski definition) is 1. The fourth-order valence-corrected chi connectivity index (χ4v) is 2.69. The van der Waals surface area contributed by atoms with Crippen LogP contribution in [0.2, 0.25) is 0 Å². The van der Waals surface area contributed by atoms with E-state index < -0.39 is 0 Å². The third-order valence-electron chi connectivity index (χ3n) is 3.43. The van der Waals surface area contributed by atoms with Crippen LogP contribution in [-0.4, -0.2) is 12.6 Å². The molecule has 0 saturated heterocycles. The SMILES string of the molecule is CC(Cc1ccccc1)NCCCc1ccc(I)cc1. The molecule has 0 bridgehead atoms. The zero-order valence-electron chi connectivity index (χ0n) is 12.0. The molecule has 20 heavy (non-hydrogen) atoms. The topological polar surface area (TPSA) is 12.0 Å². The highest BCUT2D eigenvalue weighted by atomic mass is 127. The van der Waals surface area contributed by atoms with Gasteiger partial charge in [-0.15, -0.1) is 0 Å². The lowest BCUT2D eigenvalue weighted by molar-refractivity contribution is 0.534. The lowest BCUT2D eigenvalue weighted by Crippen LogP contribution is -2.29. The van der Waals surface area contributed by atoms with E-state index in [1.807, 2.05) is 0 Å². The molecule has 106 valence electrons. The minimum atomic E-state index is 0.536. The quantitative estimate of drug-likeness (QED) is 0.554. The smallest absolute Gasteiger partial charge is 0.0130 e. The van der Waals surface area contributed by atoms with Crippen LogP contribution < -0.4 is 5.32 Å². The highest BCUT2D eigenvalue weighted by Gasteiger charge is 2.02. The summed E-state index contributed by atoms with van der Waals surface area (Å²) in [5, 5.41) is 3.61. The summed E-state index contributed by atoms with van der Waals surface area (Å²) in [5.41, 5.74) is 2.84. The van der Waals surface area contributed by atoms with Crippen molar-refractivity contribution < 1.29 is 0 Å². The molecule has 0 aliphatic heterocycles. The maximum absolute atomic E-state index is 3.61. The Hall–Kier alpha value is -0.870. The van der Waals surface area contributed by atoms with Gasteiger partial charge in [0.15, 0.2) is 0 Å². The highest BCUT2D eigenvalue weighted by molar-refractivity contribution is 14.1. The molecule has 1 N–H and O–H groups in total. The molecule has 0 heterocycles. The Labute approximate surface area is 135 Å². The molecule has 1 unspecified atom stereocenters. The summed E-state index contributed by atoms with van der Waals surface area (Å²) in [6, 6.07) is 20.1. The van der Waals surface area contributed by atoms with Gasteiger partial charge in [0.25, 0.3) is 0 Å². The van der Waals surface area contributed by atoms with Gasteiger partial charge in [0, 0.05) is 9.61 Å². The standard InChI is InChI=1S/C18H22IN/c1-15(14-17-6-3-2-4-7-17)20-13-5-8-16-9-11-18(19)12-10-16/h2-4,6-7,9-12,15,20H,5,8,13-14H2,1H3. The Balaban J connectivity index is 1.64. The number of nitrogens with one attached hydrogen (secondary N) is 1. The largest absolute Gasteiger partial charge is 0.314 e. The van der Waals surface area contributed by atoms with Gasteiger partial charge in [-0.2, -0.15) is 0 Å². The first-order chi connectivity index (χ1) is 9.74. The Bertz CT molecular complexity index is 493. The number of hydrogen-bond donors (Lipinski definition) is 1. The van der Waals surface area contributed by atoms with Gasteiger partial charge >= 0.3 is 0 Å². The van der Waals surface area contributed by atoms with Gasteiger partial charge in [-0.05, 0) is 78.6 Å². The summed E-state index contributed by atoms with van der Waals surface area (Å²) in [5.74, 6) is 0. The van der Waals surface area contributed by atoms with E-state index in [-0.39, 0.29) is 0 Å². The van der Waals surface area contributed by atoms with Crippen molar-refractivity contribution in [3.63, 3.8) is 0 Å². The molecule has 0 aliphatic rings.